The Morgan fingerprint density at radius 3 is 2.29 bits per heavy atom. The maximum atomic E-state index is 12.1. The smallest absolute Gasteiger partial charge is 0.308 e. The van der Waals surface area contributed by atoms with Crippen LogP contribution in [0.15, 0.2) is 54.6 Å². The van der Waals surface area contributed by atoms with E-state index in [9.17, 15) is 19.5 Å². The normalized spacial score (nSPS) is 11.3. The number of carbonyl (C=O) groups is 3. The fourth-order valence-corrected chi connectivity index (χ4v) is 2.58. The third kappa shape index (κ3) is 6.75. The molecule has 0 spiro atoms. The van der Waals surface area contributed by atoms with E-state index < -0.39 is 23.7 Å². The molecule has 0 heterocycles. The van der Waals surface area contributed by atoms with Gasteiger partial charge < -0.3 is 20.5 Å². The van der Waals surface area contributed by atoms with Gasteiger partial charge in [0.1, 0.15) is 5.75 Å². The number of hydrogen-bond donors (Lipinski definition) is 3. The van der Waals surface area contributed by atoms with E-state index in [2.05, 4.69) is 10.6 Å². The lowest BCUT2D eigenvalue weighted by Gasteiger charge is -2.14. The highest BCUT2D eigenvalue weighted by atomic mass is 16.5. The standard InChI is InChI=1S/C21H24N2O5/c1-2-28-18-10-8-16(9-11-18)20(25)23-14-19(24)22-13-17(21(26)27)12-15-6-4-3-5-7-15/h3-11,17H,2,12-14H2,1H3,(H,22,24)(H,23,25)(H,26,27). The van der Waals surface area contributed by atoms with E-state index in [4.69, 9.17) is 4.74 Å². The summed E-state index contributed by atoms with van der Waals surface area (Å²) in [5.41, 5.74) is 1.29. The molecule has 28 heavy (non-hydrogen) atoms. The van der Waals surface area contributed by atoms with Crippen molar-refractivity contribution in [1.29, 1.82) is 0 Å². The summed E-state index contributed by atoms with van der Waals surface area (Å²) < 4.78 is 5.31. The Labute approximate surface area is 163 Å². The van der Waals surface area contributed by atoms with Gasteiger partial charge in [-0.25, -0.2) is 0 Å². The van der Waals surface area contributed by atoms with Crippen LogP contribution in [0.2, 0.25) is 0 Å². The number of aliphatic carboxylic acids is 1. The van der Waals surface area contributed by atoms with Gasteiger partial charge in [-0.1, -0.05) is 30.3 Å². The topological polar surface area (TPSA) is 105 Å². The molecule has 7 nitrogen and oxygen atoms in total. The zero-order valence-electron chi connectivity index (χ0n) is 15.7. The molecule has 0 radical (unpaired) electrons. The first-order valence-electron chi connectivity index (χ1n) is 9.04. The molecule has 0 aliphatic rings. The number of hydrogen-bond acceptors (Lipinski definition) is 4. The number of carboxylic acid groups (broad SMARTS) is 1. The van der Waals surface area contributed by atoms with Gasteiger partial charge in [0.2, 0.25) is 5.91 Å². The average molecular weight is 384 g/mol. The molecule has 1 atom stereocenters. The minimum absolute atomic E-state index is 0.0119. The molecule has 0 saturated carbocycles. The van der Waals surface area contributed by atoms with Crippen molar-refractivity contribution >= 4 is 17.8 Å². The number of carbonyl (C=O) groups excluding carboxylic acids is 2. The molecular weight excluding hydrogens is 360 g/mol. The van der Waals surface area contributed by atoms with E-state index in [0.717, 1.165) is 5.56 Å². The third-order valence-corrected chi connectivity index (χ3v) is 4.06. The second-order valence-electron chi connectivity index (χ2n) is 6.17. The lowest BCUT2D eigenvalue weighted by Crippen LogP contribution is -2.40. The number of carboxylic acids is 1. The van der Waals surface area contributed by atoms with Crippen molar-refractivity contribution in [3.8, 4) is 5.75 Å². The molecule has 0 aliphatic carbocycles. The lowest BCUT2D eigenvalue weighted by molar-refractivity contribution is -0.141. The Hall–Kier alpha value is -3.35. The summed E-state index contributed by atoms with van der Waals surface area (Å²) in [5, 5.41) is 14.4. The summed E-state index contributed by atoms with van der Waals surface area (Å²) in [6.07, 6.45) is 0.314. The average Bonchev–Trinajstić information content (AvgIpc) is 2.70. The molecule has 0 fully saturated rings. The second-order valence-corrected chi connectivity index (χ2v) is 6.17. The van der Waals surface area contributed by atoms with Crippen molar-refractivity contribution in [2.45, 2.75) is 13.3 Å². The molecule has 148 valence electrons. The first kappa shape index (κ1) is 21.0. The molecular formula is C21H24N2O5. The van der Waals surface area contributed by atoms with Gasteiger partial charge in [-0.3, -0.25) is 14.4 Å². The number of amides is 2. The molecule has 2 amide bonds. The van der Waals surface area contributed by atoms with Crippen LogP contribution in [0.1, 0.15) is 22.8 Å². The predicted molar refractivity (Wildman–Crippen MR) is 104 cm³/mol. The summed E-state index contributed by atoms with van der Waals surface area (Å²) >= 11 is 0. The van der Waals surface area contributed by atoms with E-state index in [1.165, 1.54) is 0 Å². The van der Waals surface area contributed by atoms with E-state index in [-0.39, 0.29) is 13.1 Å². The minimum atomic E-state index is -0.984. The van der Waals surface area contributed by atoms with Crippen LogP contribution in [0.5, 0.6) is 5.75 Å². The van der Waals surface area contributed by atoms with Gasteiger partial charge in [0, 0.05) is 12.1 Å². The van der Waals surface area contributed by atoms with Gasteiger partial charge in [0.05, 0.1) is 19.1 Å². The number of rotatable bonds is 10. The number of benzene rings is 2. The molecule has 1 unspecified atom stereocenters. The van der Waals surface area contributed by atoms with Crippen LogP contribution in [0, 0.1) is 5.92 Å². The quantitative estimate of drug-likeness (QED) is 0.580. The lowest BCUT2D eigenvalue weighted by atomic mass is 9.99. The summed E-state index contributed by atoms with van der Waals surface area (Å²) in [6.45, 7) is 2.16. The molecule has 2 aromatic rings. The molecule has 3 N–H and O–H groups in total. The van der Waals surface area contributed by atoms with E-state index >= 15 is 0 Å². The van der Waals surface area contributed by atoms with Crippen LogP contribution < -0.4 is 15.4 Å². The Balaban J connectivity index is 1.79. The maximum Gasteiger partial charge on any atom is 0.308 e. The Bertz CT molecular complexity index is 790. The molecule has 7 heteroatoms. The van der Waals surface area contributed by atoms with Crippen molar-refractivity contribution in [2.75, 3.05) is 19.7 Å². The molecule has 0 saturated heterocycles. The molecule has 0 aromatic heterocycles. The second kappa shape index (κ2) is 10.7. The van der Waals surface area contributed by atoms with Crippen LogP contribution in [0.25, 0.3) is 0 Å². The fourth-order valence-electron chi connectivity index (χ4n) is 2.58. The summed E-state index contributed by atoms with van der Waals surface area (Å²) in [4.78, 5) is 35.4. The largest absolute Gasteiger partial charge is 0.494 e. The van der Waals surface area contributed by atoms with Crippen LogP contribution in [0.3, 0.4) is 0 Å². The number of nitrogens with one attached hydrogen (secondary N) is 2. The first-order chi connectivity index (χ1) is 13.5. The zero-order valence-corrected chi connectivity index (χ0v) is 15.7. The van der Waals surface area contributed by atoms with E-state index in [1.807, 2.05) is 37.3 Å². The van der Waals surface area contributed by atoms with Gasteiger partial charge in [-0.15, -0.1) is 0 Å². The Morgan fingerprint density at radius 2 is 1.68 bits per heavy atom. The highest BCUT2D eigenvalue weighted by Crippen LogP contribution is 2.12. The van der Waals surface area contributed by atoms with Crippen molar-refractivity contribution in [1.82, 2.24) is 10.6 Å². The molecule has 0 aliphatic heterocycles. The van der Waals surface area contributed by atoms with E-state index in [1.54, 1.807) is 24.3 Å². The molecule has 2 rings (SSSR count). The van der Waals surface area contributed by atoms with Crippen molar-refractivity contribution in [2.24, 2.45) is 5.92 Å². The van der Waals surface area contributed by atoms with Gasteiger partial charge in [-0.05, 0) is 43.2 Å². The summed E-state index contributed by atoms with van der Waals surface area (Å²) in [6, 6.07) is 15.8. The van der Waals surface area contributed by atoms with Crippen LogP contribution in [-0.2, 0) is 16.0 Å². The highest BCUT2D eigenvalue weighted by Gasteiger charge is 2.19. The van der Waals surface area contributed by atoms with Gasteiger partial charge in [0.25, 0.3) is 5.91 Å². The summed E-state index contributed by atoms with van der Waals surface area (Å²) in [5.74, 6) is -1.90. The van der Waals surface area contributed by atoms with Crippen LogP contribution >= 0.6 is 0 Å². The monoisotopic (exact) mass is 384 g/mol. The third-order valence-electron chi connectivity index (χ3n) is 4.06. The maximum absolute atomic E-state index is 12.1. The van der Waals surface area contributed by atoms with Crippen LogP contribution in [-0.4, -0.2) is 42.6 Å². The van der Waals surface area contributed by atoms with Crippen molar-refractivity contribution in [3.05, 3.63) is 65.7 Å². The molecule has 2 aromatic carbocycles. The highest BCUT2D eigenvalue weighted by molar-refractivity contribution is 5.96. The minimum Gasteiger partial charge on any atom is -0.494 e. The van der Waals surface area contributed by atoms with E-state index in [0.29, 0.717) is 24.3 Å². The fraction of sp³-hybridized carbons (Fsp3) is 0.286. The van der Waals surface area contributed by atoms with Gasteiger partial charge in [-0.2, -0.15) is 0 Å². The van der Waals surface area contributed by atoms with Crippen LogP contribution in [0.4, 0.5) is 0 Å². The Morgan fingerprint density at radius 1 is 1.00 bits per heavy atom. The van der Waals surface area contributed by atoms with Gasteiger partial charge in [0.15, 0.2) is 0 Å². The predicted octanol–water partition coefficient (Wildman–Crippen LogP) is 1.87. The Kier molecular flexibility index (Phi) is 8.02. The van der Waals surface area contributed by atoms with Gasteiger partial charge >= 0.3 is 5.97 Å². The zero-order chi connectivity index (χ0) is 20.4. The van der Waals surface area contributed by atoms with Crippen molar-refractivity contribution in [3.63, 3.8) is 0 Å². The SMILES string of the molecule is CCOc1ccc(C(=O)NCC(=O)NCC(Cc2ccccc2)C(=O)O)cc1. The van der Waals surface area contributed by atoms with Crippen molar-refractivity contribution < 1.29 is 24.2 Å². The number of ether oxygens (including phenoxy) is 1. The first-order valence-corrected chi connectivity index (χ1v) is 9.04. The molecule has 0 bridgehead atoms. The summed E-state index contributed by atoms with van der Waals surface area (Å²) in [7, 11) is 0.